The smallest absolute Gasteiger partial charge is 0.193 e. The van der Waals surface area contributed by atoms with Gasteiger partial charge in [-0.3, -0.25) is 4.79 Å². The first-order valence-corrected chi connectivity index (χ1v) is 4.96. The molecule has 0 saturated heterocycles. The second kappa shape index (κ2) is 4.55. The van der Waals surface area contributed by atoms with Crippen molar-refractivity contribution < 1.29 is 9.90 Å². The molecule has 3 nitrogen and oxygen atoms in total. The highest BCUT2D eigenvalue weighted by Crippen LogP contribution is 2.14. The summed E-state index contributed by atoms with van der Waals surface area (Å²) in [5.74, 6) is -0.250. The standard InChI is InChI=1S/C12H17NO2/c1-12(2,15)11(14)10-6-4-5-9(7-10)8-13-3/h4-7,13,15H,8H2,1-3H3. The Hall–Kier alpha value is -1.19. The van der Waals surface area contributed by atoms with Crippen molar-refractivity contribution in [1.82, 2.24) is 5.32 Å². The minimum Gasteiger partial charge on any atom is -0.382 e. The Bertz CT molecular complexity index is 353. The molecule has 1 aromatic carbocycles. The van der Waals surface area contributed by atoms with Crippen molar-refractivity contribution in [3.8, 4) is 0 Å². The minimum absolute atomic E-state index is 0.250. The van der Waals surface area contributed by atoms with Gasteiger partial charge in [0.25, 0.3) is 0 Å². The summed E-state index contributed by atoms with van der Waals surface area (Å²) in [5.41, 5.74) is 0.279. The van der Waals surface area contributed by atoms with Crippen molar-refractivity contribution in [2.24, 2.45) is 0 Å². The monoisotopic (exact) mass is 207 g/mol. The normalized spacial score (nSPS) is 11.5. The number of benzene rings is 1. The third-order valence-corrected chi connectivity index (χ3v) is 2.13. The summed E-state index contributed by atoms with van der Waals surface area (Å²) in [6.45, 7) is 3.72. The van der Waals surface area contributed by atoms with E-state index in [1.165, 1.54) is 13.8 Å². The third-order valence-electron chi connectivity index (χ3n) is 2.13. The van der Waals surface area contributed by atoms with E-state index in [2.05, 4.69) is 5.32 Å². The molecule has 0 aromatic heterocycles. The van der Waals surface area contributed by atoms with Crippen LogP contribution in [0.15, 0.2) is 24.3 Å². The van der Waals surface area contributed by atoms with E-state index < -0.39 is 5.60 Å². The van der Waals surface area contributed by atoms with Crippen molar-refractivity contribution in [3.63, 3.8) is 0 Å². The Kier molecular flexibility index (Phi) is 3.61. The van der Waals surface area contributed by atoms with E-state index in [1.807, 2.05) is 19.2 Å². The molecule has 1 rings (SSSR count). The maximum Gasteiger partial charge on any atom is 0.193 e. The molecule has 0 unspecified atom stereocenters. The average molecular weight is 207 g/mol. The van der Waals surface area contributed by atoms with Crippen molar-refractivity contribution in [2.75, 3.05) is 7.05 Å². The molecule has 0 atom stereocenters. The summed E-state index contributed by atoms with van der Waals surface area (Å²) in [7, 11) is 1.85. The van der Waals surface area contributed by atoms with Gasteiger partial charge in [0.15, 0.2) is 5.78 Å². The van der Waals surface area contributed by atoms with Gasteiger partial charge in [-0.25, -0.2) is 0 Å². The van der Waals surface area contributed by atoms with E-state index in [1.54, 1.807) is 12.1 Å². The molecule has 0 saturated carbocycles. The van der Waals surface area contributed by atoms with Crippen molar-refractivity contribution in [1.29, 1.82) is 0 Å². The summed E-state index contributed by atoms with van der Waals surface area (Å²) in [4.78, 5) is 11.8. The lowest BCUT2D eigenvalue weighted by Gasteiger charge is -2.15. The average Bonchev–Trinajstić information content (AvgIpc) is 2.16. The maximum atomic E-state index is 11.8. The van der Waals surface area contributed by atoms with Gasteiger partial charge in [0.1, 0.15) is 5.60 Å². The predicted molar refractivity (Wildman–Crippen MR) is 59.8 cm³/mol. The van der Waals surface area contributed by atoms with Crippen molar-refractivity contribution in [3.05, 3.63) is 35.4 Å². The molecule has 0 spiro atoms. The molecule has 0 radical (unpaired) electrons. The van der Waals surface area contributed by atoms with Gasteiger partial charge in [-0.05, 0) is 32.5 Å². The number of carbonyl (C=O) groups is 1. The van der Waals surface area contributed by atoms with Gasteiger partial charge in [0.05, 0.1) is 0 Å². The number of aliphatic hydroxyl groups is 1. The Morgan fingerprint density at radius 2 is 2.13 bits per heavy atom. The van der Waals surface area contributed by atoms with E-state index in [-0.39, 0.29) is 5.78 Å². The lowest BCUT2D eigenvalue weighted by Crippen LogP contribution is -2.31. The molecule has 15 heavy (non-hydrogen) atoms. The van der Waals surface area contributed by atoms with Crippen molar-refractivity contribution in [2.45, 2.75) is 26.0 Å². The van der Waals surface area contributed by atoms with Gasteiger partial charge >= 0.3 is 0 Å². The summed E-state index contributed by atoms with van der Waals surface area (Å²) in [6, 6.07) is 7.29. The fraction of sp³-hybridized carbons (Fsp3) is 0.417. The maximum absolute atomic E-state index is 11.8. The molecule has 0 fully saturated rings. The van der Waals surface area contributed by atoms with Gasteiger partial charge in [-0.2, -0.15) is 0 Å². The molecular formula is C12H17NO2. The van der Waals surface area contributed by atoms with Crippen LogP contribution in [-0.2, 0) is 6.54 Å². The molecule has 82 valence electrons. The molecule has 1 aromatic rings. The zero-order chi connectivity index (χ0) is 11.5. The molecule has 3 heteroatoms. The fourth-order valence-corrected chi connectivity index (χ4v) is 1.38. The summed E-state index contributed by atoms with van der Waals surface area (Å²) in [6.07, 6.45) is 0. The highest BCUT2D eigenvalue weighted by atomic mass is 16.3. The fourth-order valence-electron chi connectivity index (χ4n) is 1.38. The van der Waals surface area contributed by atoms with Crippen LogP contribution >= 0.6 is 0 Å². The van der Waals surface area contributed by atoms with Gasteiger partial charge in [0, 0.05) is 12.1 Å². The lowest BCUT2D eigenvalue weighted by atomic mass is 9.96. The first-order chi connectivity index (χ1) is 6.95. The van der Waals surface area contributed by atoms with Crippen molar-refractivity contribution >= 4 is 5.78 Å². The molecule has 0 heterocycles. The summed E-state index contributed by atoms with van der Waals surface area (Å²) in [5, 5.41) is 12.6. The molecule has 0 aliphatic heterocycles. The van der Waals surface area contributed by atoms with E-state index in [9.17, 15) is 9.90 Å². The Balaban J connectivity index is 2.95. The van der Waals surface area contributed by atoms with Crippen LogP contribution in [0.5, 0.6) is 0 Å². The van der Waals surface area contributed by atoms with Crippen LogP contribution in [0.4, 0.5) is 0 Å². The largest absolute Gasteiger partial charge is 0.382 e. The number of hydrogen-bond acceptors (Lipinski definition) is 3. The number of nitrogens with one attached hydrogen (secondary N) is 1. The molecule has 0 amide bonds. The lowest BCUT2D eigenvalue weighted by molar-refractivity contribution is 0.0488. The topological polar surface area (TPSA) is 49.3 Å². The van der Waals surface area contributed by atoms with Crippen LogP contribution in [0.2, 0.25) is 0 Å². The van der Waals surface area contributed by atoms with E-state index >= 15 is 0 Å². The van der Waals surface area contributed by atoms with E-state index in [0.29, 0.717) is 12.1 Å². The predicted octanol–water partition coefficient (Wildman–Crippen LogP) is 1.36. The van der Waals surface area contributed by atoms with Gasteiger partial charge in [-0.1, -0.05) is 18.2 Å². The SMILES string of the molecule is CNCc1cccc(C(=O)C(C)(C)O)c1. The number of Topliss-reactive ketones (excluding diaryl/α,β-unsaturated/α-hetero) is 1. The molecule has 2 N–H and O–H groups in total. The van der Waals surface area contributed by atoms with Crippen LogP contribution in [0.3, 0.4) is 0 Å². The summed E-state index contributed by atoms with van der Waals surface area (Å²) < 4.78 is 0. The van der Waals surface area contributed by atoms with Gasteiger partial charge < -0.3 is 10.4 Å². The number of carbonyl (C=O) groups excluding carboxylic acids is 1. The third kappa shape index (κ3) is 3.15. The van der Waals surface area contributed by atoms with E-state index in [0.717, 1.165) is 5.56 Å². The van der Waals surface area contributed by atoms with Crippen LogP contribution < -0.4 is 5.32 Å². The van der Waals surface area contributed by atoms with Crippen LogP contribution in [0.1, 0.15) is 29.8 Å². The molecule has 0 bridgehead atoms. The first kappa shape index (κ1) is 11.9. The van der Waals surface area contributed by atoms with Crippen LogP contribution in [-0.4, -0.2) is 23.5 Å². The first-order valence-electron chi connectivity index (χ1n) is 4.96. The highest BCUT2D eigenvalue weighted by molar-refractivity contribution is 6.01. The van der Waals surface area contributed by atoms with Gasteiger partial charge in [-0.15, -0.1) is 0 Å². The zero-order valence-corrected chi connectivity index (χ0v) is 9.37. The number of rotatable bonds is 4. The molecule has 0 aliphatic carbocycles. The minimum atomic E-state index is -1.31. The summed E-state index contributed by atoms with van der Waals surface area (Å²) >= 11 is 0. The van der Waals surface area contributed by atoms with Crippen LogP contribution in [0.25, 0.3) is 0 Å². The number of ketones is 1. The number of hydrogen-bond donors (Lipinski definition) is 2. The van der Waals surface area contributed by atoms with E-state index in [4.69, 9.17) is 0 Å². The second-order valence-electron chi connectivity index (χ2n) is 4.12. The Labute approximate surface area is 90.1 Å². The molecule has 0 aliphatic rings. The second-order valence-corrected chi connectivity index (χ2v) is 4.12. The van der Waals surface area contributed by atoms with Gasteiger partial charge in [0.2, 0.25) is 0 Å². The quantitative estimate of drug-likeness (QED) is 0.733. The highest BCUT2D eigenvalue weighted by Gasteiger charge is 2.24. The van der Waals surface area contributed by atoms with Crippen LogP contribution in [0, 0.1) is 0 Å². The zero-order valence-electron chi connectivity index (χ0n) is 9.37. The molecular weight excluding hydrogens is 190 g/mol. The Morgan fingerprint density at radius 3 is 2.67 bits per heavy atom. The Morgan fingerprint density at radius 1 is 1.47 bits per heavy atom.